The minimum Gasteiger partial charge on any atom is -0.506 e. The Hall–Kier alpha value is -1.94. The van der Waals surface area contributed by atoms with Crippen LogP contribution in [0.4, 0.5) is 17.2 Å². The molecule has 5 heteroatoms. The highest BCUT2D eigenvalue weighted by atomic mass is 35.5. The van der Waals surface area contributed by atoms with Gasteiger partial charge in [0.05, 0.1) is 17.6 Å². The molecule has 0 atom stereocenters. The van der Waals surface area contributed by atoms with E-state index in [2.05, 4.69) is 10.3 Å². The lowest BCUT2D eigenvalue weighted by atomic mass is 10.3. The topological polar surface area (TPSA) is 71.2 Å². The predicted molar refractivity (Wildman–Crippen MR) is 65.0 cm³/mol. The Morgan fingerprint density at radius 2 is 2.06 bits per heavy atom. The van der Waals surface area contributed by atoms with Gasteiger partial charge < -0.3 is 16.2 Å². The number of nitrogens with zero attached hydrogens (tertiary/aromatic N) is 1. The second-order valence-electron chi connectivity index (χ2n) is 3.26. The monoisotopic (exact) mass is 235 g/mol. The van der Waals surface area contributed by atoms with Crippen LogP contribution in [0.5, 0.6) is 5.75 Å². The van der Waals surface area contributed by atoms with Crippen LogP contribution in [0.3, 0.4) is 0 Å². The van der Waals surface area contributed by atoms with Crippen LogP contribution in [-0.2, 0) is 0 Å². The minimum absolute atomic E-state index is 0.126. The van der Waals surface area contributed by atoms with Gasteiger partial charge in [-0.1, -0.05) is 11.6 Å². The molecule has 0 unspecified atom stereocenters. The van der Waals surface area contributed by atoms with E-state index in [0.717, 1.165) is 5.69 Å². The Balaban J connectivity index is 2.26. The van der Waals surface area contributed by atoms with Gasteiger partial charge in [0.1, 0.15) is 11.6 Å². The first-order valence-corrected chi connectivity index (χ1v) is 5.00. The van der Waals surface area contributed by atoms with Crippen molar-refractivity contribution in [2.24, 2.45) is 0 Å². The molecule has 2 aromatic rings. The SMILES string of the molecule is Nc1ccc(Nc2cc(Cl)ccc2O)cn1. The summed E-state index contributed by atoms with van der Waals surface area (Å²) in [6, 6.07) is 8.21. The molecule has 82 valence electrons. The van der Waals surface area contributed by atoms with Crippen molar-refractivity contribution in [2.45, 2.75) is 0 Å². The lowest BCUT2D eigenvalue weighted by molar-refractivity contribution is 0.478. The third-order valence-electron chi connectivity index (χ3n) is 2.02. The predicted octanol–water partition coefficient (Wildman–Crippen LogP) is 2.77. The minimum atomic E-state index is 0.126. The zero-order valence-electron chi connectivity index (χ0n) is 8.31. The van der Waals surface area contributed by atoms with Gasteiger partial charge in [0.25, 0.3) is 0 Å². The molecule has 4 nitrogen and oxygen atoms in total. The third kappa shape index (κ3) is 2.35. The highest BCUT2D eigenvalue weighted by Gasteiger charge is 2.02. The van der Waals surface area contributed by atoms with Gasteiger partial charge in [0, 0.05) is 5.02 Å². The maximum Gasteiger partial charge on any atom is 0.139 e. The van der Waals surface area contributed by atoms with Crippen molar-refractivity contribution in [3.63, 3.8) is 0 Å². The van der Waals surface area contributed by atoms with Crippen LogP contribution in [0.2, 0.25) is 5.02 Å². The van der Waals surface area contributed by atoms with Gasteiger partial charge in [0.2, 0.25) is 0 Å². The van der Waals surface area contributed by atoms with Crippen molar-refractivity contribution in [2.75, 3.05) is 11.1 Å². The molecular weight excluding hydrogens is 226 g/mol. The number of phenols is 1. The number of benzene rings is 1. The molecule has 0 saturated heterocycles. The summed E-state index contributed by atoms with van der Waals surface area (Å²) < 4.78 is 0. The number of hydrogen-bond donors (Lipinski definition) is 3. The molecule has 0 radical (unpaired) electrons. The fraction of sp³-hybridized carbons (Fsp3) is 0. The summed E-state index contributed by atoms with van der Waals surface area (Å²) in [6.07, 6.45) is 1.58. The highest BCUT2D eigenvalue weighted by Crippen LogP contribution is 2.29. The maximum atomic E-state index is 9.58. The van der Waals surface area contributed by atoms with E-state index in [0.29, 0.717) is 16.5 Å². The summed E-state index contributed by atoms with van der Waals surface area (Å²) >= 11 is 5.82. The van der Waals surface area contributed by atoms with E-state index in [4.69, 9.17) is 17.3 Å². The van der Waals surface area contributed by atoms with Gasteiger partial charge in [0.15, 0.2) is 0 Å². The van der Waals surface area contributed by atoms with E-state index in [1.54, 1.807) is 30.5 Å². The second-order valence-corrected chi connectivity index (χ2v) is 3.69. The molecule has 0 fully saturated rings. The van der Waals surface area contributed by atoms with Crippen LogP contribution in [0, 0.1) is 0 Å². The van der Waals surface area contributed by atoms with Crippen LogP contribution >= 0.6 is 11.6 Å². The van der Waals surface area contributed by atoms with Crippen molar-refractivity contribution in [1.82, 2.24) is 4.98 Å². The summed E-state index contributed by atoms with van der Waals surface area (Å²) in [5, 5.41) is 13.1. The second kappa shape index (κ2) is 4.28. The molecular formula is C11H10ClN3O. The Kier molecular flexibility index (Phi) is 2.83. The zero-order chi connectivity index (χ0) is 11.5. The Labute approximate surface area is 97.7 Å². The zero-order valence-corrected chi connectivity index (χ0v) is 9.07. The first-order chi connectivity index (χ1) is 7.65. The number of pyridine rings is 1. The van der Waals surface area contributed by atoms with Gasteiger partial charge in [-0.2, -0.15) is 0 Å². The first-order valence-electron chi connectivity index (χ1n) is 4.62. The van der Waals surface area contributed by atoms with Crippen molar-refractivity contribution in [3.05, 3.63) is 41.6 Å². The van der Waals surface area contributed by atoms with E-state index in [-0.39, 0.29) is 5.75 Å². The fourth-order valence-corrected chi connectivity index (χ4v) is 1.42. The number of phenolic OH excluding ortho intramolecular Hbond substituents is 1. The lowest BCUT2D eigenvalue weighted by Gasteiger charge is -2.08. The molecule has 16 heavy (non-hydrogen) atoms. The molecule has 0 aliphatic heterocycles. The Morgan fingerprint density at radius 3 is 2.75 bits per heavy atom. The number of aromatic nitrogens is 1. The molecule has 0 spiro atoms. The molecule has 0 bridgehead atoms. The number of aromatic hydroxyl groups is 1. The van der Waals surface area contributed by atoms with E-state index >= 15 is 0 Å². The van der Waals surface area contributed by atoms with Gasteiger partial charge >= 0.3 is 0 Å². The summed E-state index contributed by atoms with van der Waals surface area (Å²) in [6.45, 7) is 0. The van der Waals surface area contributed by atoms with Gasteiger partial charge in [-0.05, 0) is 30.3 Å². The number of nitrogens with one attached hydrogen (secondary N) is 1. The smallest absolute Gasteiger partial charge is 0.139 e. The van der Waals surface area contributed by atoms with Crippen LogP contribution in [0.15, 0.2) is 36.5 Å². The molecule has 1 aromatic heterocycles. The normalized spacial score (nSPS) is 10.1. The van der Waals surface area contributed by atoms with Crippen molar-refractivity contribution >= 4 is 28.8 Å². The van der Waals surface area contributed by atoms with Crippen LogP contribution < -0.4 is 11.1 Å². The number of anilines is 3. The number of halogens is 1. The van der Waals surface area contributed by atoms with Gasteiger partial charge in [-0.3, -0.25) is 0 Å². The van der Waals surface area contributed by atoms with Gasteiger partial charge in [-0.15, -0.1) is 0 Å². The number of nitrogen functional groups attached to an aromatic ring is 1. The van der Waals surface area contributed by atoms with E-state index in [1.807, 2.05) is 0 Å². The van der Waals surface area contributed by atoms with Gasteiger partial charge in [-0.25, -0.2) is 4.98 Å². The molecule has 0 aliphatic carbocycles. The van der Waals surface area contributed by atoms with Crippen molar-refractivity contribution < 1.29 is 5.11 Å². The molecule has 4 N–H and O–H groups in total. The lowest BCUT2D eigenvalue weighted by Crippen LogP contribution is -1.94. The average molecular weight is 236 g/mol. The van der Waals surface area contributed by atoms with E-state index in [9.17, 15) is 5.11 Å². The number of nitrogens with two attached hydrogens (primary N) is 1. The molecule has 2 rings (SSSR count). The third-order valence-corrected chi connectivity index (χ3v) is 2.26. The molecule has 0 amide bonds. The van der Waals surface area contributed by atoms with E-state index in [1.165, 1.54) is 6.07 Å². The molecule has 1 aromatic carbocycles. The van der Waals surface area contributed by atoms with E-state index < -0.39 is 0 Å². The van der Waals surface area contributed by atoms with Crippen molar-refractivity contribution in [1.29, 1.82) is 0 Å². The summed E-state index contributed by atoms with van der Waals surface area (Å²) in [4.78, 5) is 3.93. The number of rotatable bonds is 2. The van der Waals surface area contributed by atoms with Crippen LogP contribution in [0.1, 0.15) is 0 Å². The molecule has 1 heterocycles. The van der Waals surface area contributed by atoms with Crippen molar-refractivity contribution in [3.8, 4) is 5.75 Å². The molecule has 0 aliphatic rings. The molecule has 0 saturated carbocycles. The maximum absolute atomic E-state index is 9.58. The number of hydrogen-bond acceptors (Lipinski definition) is 4. The average Bonchev–Trinajstić information content (AvgIpc) is 2.27. The Bertz CT molecular complexity index is 499. The quantitative estimate of drug-likeness (QED) is 0.700. The largest absolute Gasteiger partial charge is 0.506 e. The highest BCUT2D eigenvalue weighted by molar-refractivity contribution is 6.30. The van der Waals surface area contributed by atoms with Crippen LogP contribution in [0.25, 0.3) is 0 Å². The first kappa shape index (κ1) is 10.6. The standard InChI is InChI=1S/C11H10ClN3O/c12-7-1-3-10(16)9(5-7)15-8-2-4-11(13)14-6-8/h1-6,15-16H,(H2,13,14). The summed E-state index contributed by atoms with van der Waals surface area (Å²) in [7, 11) is 0. The summed E-state index contributed by atoms with van der Waals surface area (Å²) in [5.74, 6) is 0.571. The fourth-order valence-electron chi connectivity index (χ4n) is 1.24. The Morgan fingerprint density at radius 1 is 1.25 bits per heavy atom. The summed E-state index contributed by atoms with van der Waals surface area (Å²) in [5.41, 5.74) is 6.72. The van der Waals surface area contributed by atoms with Crippen LogP contribution in [-0.4, -0.2) is 10.1 Å².